The van der Waals surface area contributed by atoms with Crippen LogP contribution in [0.3, 0.4) is 0 Å². The first-order chi connectivity index (χ1) is 16.7. The van der Waals surface area contributed by atoms with Gasteiger partial charge in [0.2, 0.25) is 17.3 Å². The van der Waals surface area contributed by atoms with Crippen LogP contribution in [0.5, 0.6) is 11.6 Å². The minimum absolute atomic E-state index is 0.415. The number of hydrogen-bond donors (Lipinski definition) is 1. The highest BCUT2D eigenvalue weighted by Crippen LogP contribution is 2.41. The van der Waals surface area contributed by atoms with E-state index in [0.717, 1.165) is 26.9 Å². The van der Waals surface area contributed by atoms with Gasteiger partial charge in [0.1, 0.15) is 12.4 Å². The Morgan fingerprint density at radius 1 is 1.06 bits per heavy atom. The van der Waals surface area contributed by atoms with E-state index in [1.165, 1.54) is 11.8 Å². The Balaban J connectivity index is 1.53. The van der Waals surface area contributed by atoms with Gasteiger partial charge in [0.05, 0.1) is 5.56 Å². The van der Waals surface area contributed by atoms with Gasteiger partial charge in [0.15, 0.2) is 5.69 Å². The molecule has 170 valence electrons. The molecule has 1 unspecified atom stereocenters. The highest BCUT2D eigenvalue weighted by molar-refractivity contribution is 9.10. The van der Waals surface area contributed by atoms with Crippen LogP contribution in [0.25, 0.3) is 11.3 Å². The number of para-hydroxylation sites is 1. The van der Waals surface area contributed by atoms with E-state index in [-0.39, 0.29) is 0 Å². The Morgan fingerprint density at radius 3 is 2.74 bits per heavy atom. The molecule has 3 aromatic carbocycles. The second-order valence-corrected chi connectivity index (χ2v) is 9.39. The second-order valence-electron chi connectivity index (χ2n) is 7.49. The molecular formula is C26H21BrN4O2S. The molecule has 34 heavy (non-hydrogen) atoms. The van der Waals surface area contributed by atoms with Crippen molar-refractivity contribution in [3.63, 3.8) is 0 Å². The molecule has 1 aromatic heterocycles. The molecule has 8 heteroatoms. The summed E-state index contributed by atoms with van der Waals surface area (Å²) in [7, 11) is 0. The van der Waals surface area contributed by atoms with Crippen LogP contribution in [0, 0.1) is 0 Å². The van der Waals surface area contributed by atoms with Crippen molar-refractivity contribution in [1.29, 1.82) is 0 Å². The number of aromatic nitrogens is 3. The van der Waals surface area contributed by atoms with Gasteiger partial charge in [-0.15, -0.1) is 16.8 Å². The average molecular weight is 533 g/mol. The van der Waals surface area contributed by atoms with Crippen LogP contribution in [-0.4, -0.2) is 20.9 Å². The number of hydrogen-bond acceptors (Lipinski definition) is 7. The number of nitrogens with one attached hydrogen (secondary N) is 1. The quantitative estimate of drug-likeness (QED) is 0.210. The van der Waals surface area contributed by atoms with E-state index in [4.69, 9.17) is 9.47 Å². The molecule has 0 amide bonds. The summed E-state index contributed by atoms with van der Waals surface area (Å²) in [5.41, 5.74) is 4.27. The SMILES string of the molecule is C=CCSc1nnc2c(n1)OC(c1cc(Br)ccc1OCc1ccccc1)Nc1ccccc1-2. The van der Waals surface area contributed by atoms with Gasteiger partial charge < -0.3 is 14.8 Å². The third kappa shape index (κ3) is 4.93. The molecule has 0 bridgehead atoms. The molecule has 2 heterocycles. The number of thioether (sulfide) groups is 1. The third-order valence-electron chi connectivity index (χ3n) is 5.16. The van der Waals surface area contributed by atoms with Crippen LogP contribution in [0.15, 0.2) is 95.1 Å². The van der Waals surface area contributed by atoms with Crippen molar-refractivity contribution in [2.24, 2.45) is 0 Å². The van der Waals surface area contributed by atoms with Crippen molar-refractivity contribution in [1.82, 2.24) is 15.2 Å². The molecule has 1 aliphatic rings. The maximum Gasteiger partial charge on any atom is 0.247 e. The van der Waals surface area contributed by atoms with Crippen LogP contribution in [0.2, 0.25) is 0 Å². The Bertz CT molecular complexity index is 1320. The number of rotatable bonds is 7. The smallest absolute Gasteiger partial charge is 0.247 e. The fourth-order valence-electron chi connectivity index (χ4n) is 3.57. The number of ether oxygens (including phenoxy) is 2. The van der Waals surface area contributed by atoms with Crippen molar-refractivity contribution in [3.8, 4) is 22.9 Å². The first-order valence-electron chi connectivity index (χ1n) is 10.7. The van der Waals surface area contributed by atoms with Crippen molar-refractivity contribution >= 4 is 33.4 Å². The summed E-state index contributed by atoms with van der Waals surface area (Å²) in [4.78, 5) is 4.66. The summed E-state index contributed by atoms with van der Waals surface area (Å²) < 4.78 is 13.6. The molecular weight excluding hydrogens is 512 g/mol. The number of fused-ring (bicyclic) bond motifs is 3. The van der Waals surface area contributed by atoms with Crippen molar-refractivity contribution in [3.05, 3.63) is 101 Å². The minimum Gasteiger partial charge on any atom is -0.488 e. The highest BCUT2D eigenvalue weighted by Gasteiger charge is 2.28. The Hall–Kier alpha value is -3.36. The molecule has 0 radical (unpaired) electrons. The Morgan fingerprint density at radius 2 is 1.88 bits per heavy atom. The molecule has 0 saturated heterocycles. The van der Waals surface area contributed by atoms with E-state index >= 15 is 0 Å². The van der Waals surface area contributed by atoms with E-state index in [2.05, 4.69) is 43.0 Å². The molecule has 4 aromatic rings. The summed E-state index contributed by atoms with van der Waals surface area (Å²) in [5, 5.41) is 12.8. The normalized spacial score (nSPS) is 14.1. The van der Waals surface area contributed by atoms with E-state index in [0.29, 0.717) is 34.8 Å². The summed E-state index contributed by atoms with van der Waals surface area (Å²) in [6.07, 6.45) is 1.25. The van der Waals surface area contributed by atoms with E-state index < -0.39 is 6.23 Å². The maximum absolute atomic E-state index is 6.43. The minimum atomic E-state index is -0.556. The molecule has 1 N–H and O–H groups in total. The summed E-state index contributed by atoms with van der Waals surface area (Å²) >= 11 is 5.05. The topological polar surface area (TPSA) is 69.2 Å². The maximum atomic E-state index is 6.43. The third-order valence-corrected chi connectivity index (χ3v) is 6.48. The van der Waals surface area contributed by atoms with Gasteiger partial charge in [0, 0.05) is 21.5 Å². The zero-order valence-corrected chi connectivity index (χ0v) is 20.6. The van der Waals surface area contributed by atoms with Crippen LogP contribution in [0.4, 0.5) is 5.69 Å². The number of anilines is 1. The summed E-state index contributed by atoms with van der Waals surface area (Å²) in [5.74, 6) is 1.81. The lowest BCUT2D eigenvalue weighted by Gasteiger charge is -2.22. The first-order valence-corrected chi connectivity index (χ1v) is 12.5. The highest BCUT2D eigenvalue weighted by atomic mass is 79.9. The largest absolute Gasteiger partial charge is 0.488 e. The zero-order chi connectivity index (χ0) is 23.3. The molecule has 1 aliphatic heterocycles. The number of halogens is 1. The summed E-state index contributed by atoms with van der Waals surface area (Å²) in [6, 6.07) is 23.9. The Labute approximate surface area is 210 Å². The summed E-state index contributed by atoms with van der Waals surface area (Å²) in [6.45, 7) is 4.21. The predicted molar refractivity (Wildman–Crippen MR) is 138 cm³/mol. The second kappa shape index (κ2) is 10.3. The van der Waals surface area contributed by atoms with Crippen LogP contribution in [0.1, 0.15) is 17.4 Å². The van der Waals surface area contributed by atoms with Gasteiger partial charge in [-0.25, -0.2) is 0 Å². The van der Waals surface area contributed by atoms with Crippen LogP contribution >= 0.6 is 27.7 Å². The molecule has 0 aliphatic carbocycles. The van der Waals surface area contributed by atoms with Crippen LogP contribution < -0.4 is 14.8 Å². The van der Waals surface area contributed by atoms with Crippen molar-refractivity contribution in [2.45, 2.75) is 18.0 Å². The molecule has 0 fully saturated rings. The predicted octanol–water partition coefficient (Wildman–Crippen LogP) is 6.66. The monoisotopic (exact) mass is 532 g/mol. The average Bonchev–Trinajstić information content (AvgIpc) is 3.04. The van der Waals surface area contributed by atoms with E-state index in [1.807, 2.05) is 72.8 Å². The lowest BCUT2D eigenvalue weighted by molar-refractivity contribution is 0.214. The van der Waals surface area contributed by atoms with Crippen LogP contribution in [-0.2, 0) is 6.61 Å². The lowest BCUT2D eigenvalue weighted by atomic mass is 10.1. The molecule has 5 rings (SSSR count). The van der Waals surface area contributed by atoms with Gasteiger partial charge >= 0.3 is 0 Å². The van der Waals surface area contributed by atoms with Gasteiger partial charge in [-0.3, -0.25) is 0 Å². The molecule has 0 spiro atoms. The van der Waals surface area contributed by atoms with Gasteiger partial charge in [0.25, 0.3) is 0 Å². The standard InChI is InChI=1S/C26H21BrN4O2S/c1-2-14-34-26-29-25-23(30-31-26)19-10-6-7-11-21(19)28-24(33-25)20-15-18(27)12-13-22(20)32-16-17-8-4-3-5-9-17/h2-13,15,24,28H,1,14,16H2. The molecule has 6 nitrogen and oxygen atoms in total. The van der Waals surface area contributed by atoms with E-state index in [9.17, 15) is 0 Å². The number of benzene rings is 3. The first kappa shape index (κ1) is 22.4. The van der Waals surface area contributed by atoms with Crippen molar-refractivity contribution in [2.75, 3.05) is 11.1 Å². The Kier molecular flexibility index (Phi) is 6.78. The lowest BCUT2D eigenvalue weighted by Crippen LogP contribution is -2.18. The van der Waals surface area contributed by atoms with Gasteiger partial charge in [-0.05, 0) is 29.8 Å². The van der Waals surface area contributed by atoms with Crippen molar-refractivity contribution < 1.29 is 9.47 Å². The fourth-order valence-corrected chi connectivity index (χ4v) is 4.47. The van der Waals surface area contributed by atoms with E-state index in [1.54, 1.807) is 6.08 Å². The molecule has 0 saturated carbocycles. The van der Waals surface area contributed by atoms with Gasteiger partial charge in [-0.2, -0.15) is 4.98 Å². The number of nitrogens with zero attached hydrogens (tertiary/aromatic N) is 3. The van der Waals surface area contributed by atoms with Gasteiger partial charge in [-0.1, -0.05) is 82.3 Å². The fraction of sp³-hybridized carbons (Fsp3) is 0.115. The molecule has 1 atom stereocenters. The zero-order valence-electron chi connectivity index (χ0n) is 18.1.